The average Bonchev–Trinajstić information content (AvgIpc) is 3.51. The Hall–Kier alpha value is -3.29. The van der Waals surface area contributed by atoms with Crippen molar-refractivity contribution in [3.8, 4) is 11.5 Å². The Morgan fingerprint density at radius 2 is 1.85 bits per heavy atom. The molecule has 1 aromatic carbocycles. The standard InChI is InChI=1S/C26H30N2O6/c1-16-12-20(17(2)28(16)13-19-14-32-23-7-3-4-8-24(23)34-19)22(29)15-33-26(31)21-6-5-11-27(21)25(30)18-9-10-18/h3-4,7-8,12,18-19,21H,5-6,9-11,13-15H2,1-2H3/t19?,21-/m0/s1. The average molecular weight is 467 g/mol. The second kappa shape index (κ2) is 9.16. The van der Waals surface area contributed by atoms with Crippen molar-refractivity contribution in [3.63, 3.8) is 0 Å². The maximum Gasteiger partial charge on any atom is 0.329 e. The van der Waals surface area contributed by atoms with Crippen LogP contribution in [-0.4, -0.2) is 59.0 Å². The first-order valence-corrected chi connectivity index (χ1v) is 12.0. The number of esters is 1. The van der Waals surface area contributed by atoms with Crippen LogP contribution in [0.2, 0.25) is 0 Å². The quantitative estimate of drug-likeness (QED) is 0.460. The van der Waals surface area contributed by atoms with Crippen LogP contribution in [0.5, 0.6) is 11.5 Å². The molecule has 1 saturated carbocycles. The highest BCUT2D eigenvalue weighted by Crippen LogP contribution is 2.34. The van der Waals surface area contributed by atoms with E-state index in [1.54, 1.807) is 4.90 Å². The minimum atomic E-state index is -0.570. The largest absolute Gasteiger partial charge is 0.486 e. The van der Waals surface area contributed by atoms with Gasteiger partial charge in [0.1, 0.15) is 12.6 Å². The number of ether oxygens (including phenoxy) is 3. The Bertz CT molecular complexity index is 1120. The molecule has 1 aromatic heterocycles. The molecule has 1 aliphatic carbocycles. The zero-order valence-corrected chi connectivity index (χ0v) is 19.6. The minimum Gasteiger partial charge on any atom is -0.486 e. The number of amides is 1. The van der Waals surface area contributed by atoms with E-state index in [4.69, 9.17) is 14.2 Å². The van der Waals surface area contributed by atoms with Crippen LogP contribution in [0, 0.1) is 19.8 Å². The first kappa shape index (κ1) is 22.5. The van der Waals surface area contributed by atoms with Crippen LogP contribution in [0.4, 0.5) is 0 Å². The first-order chi connectivity index (χ1) is 16.4. The first-order valence-electron chi connectivity index (χ1n) is 12.0. The van der Waals surface area contributed by atoms with Gasteiger partial charge in [0.2, 0.25) is 11.7 Å². The molecule has 3 aliphatic rings. The molecule has 180 valence electrons. The fourth-order valence-corrected chi connectivity index (χ4v) is 4.87. The molecule has 5 rings (SSSR count). The molecule has 1 saturated heterocycles. The molecule has 3 heterocycles. The highest BCUT2D eigenvalue weighted by molar-refractivity contribution is 5.99. The third-order valence-electron chi connectivity index (χ3n) is 6.91. The van der Waals surface area contributed by atoms with Crippen LogP contribution in [-0.2, 0) is 20.9 Å². The molecule has 0 radical (unpaired) electrons. The maximum absolute atomic E-state index is 12.9. The maximum atomic E-state index is 12.9. The zero-order valence-electron chi connectivity index (χ0n) is 19.6. The Morgan fingerprint density at radius 3 is 2.62 bits per heavy atom. The summed E-state index contributed by atoms with van der Waals surface area (Å²) < 4.78 is 19.3. The SMILES string of the molecule is Cc1cc(C(=O)COC(=O)[C@@H]2CCCN2C(=O)C2CC2)c(C)n1CC1COc2ccccc2O1. The van der Waals surface area contributed by atoms with E-state index in [-0.39, 0.29) is 30.3 Å². The van der Waals surface area contributed by atoms with Crippen LogP contribution >= 0.6 is 0 Å². The number of benzene rings is 1. The van der Waals surface area contributed by atoms with Gasteiger partial charge in [0.05, 0.1) is 6.54 Å². The number of aromatic nitrogens is 1. The number of hydrogen-bond donors (Lipinski definition) is 0. The normalized spacial score (nSPS) is 21.4. The summed E-state index contributed by atoms with van der Waals surface area (Å²) >= 11 is 0. The van der Waals surface area contributed by atoms with E-state index in [1.165, 1.54) is 0 Å². The van der Waals surface area contributed by atoms with Gasteiger partial charge in [-0.2, -0.15) is 0 Å². The fraction of sp³-hybridized carbons (Fsp3) is 0.500. The summed E-state index contributed by atoms with van der Waals surface area (Å²) in [6.45, 7) is 5.04. The van der Waals surface area contributed by atoms with Crippen LogP contribution in [0.15, 0.2) is 30.3 Å². The van der Waals surface area contributed by atoms with Gasteiger partial charge in [-0.05, 0) is 57.7 Å². The van der Waals surface area contributed by atoms with Gasteiger partial charge in [0.25, 0.3) is 0 Å². The second-order valence-electron chi connectivity index (χ2n) is 9.39. The Morgan fingerprint density at radius 1 is 1.09 bits per heavy atom. The molecule has 34 heavy (non-hydrogen) atoms. The number of rotatable bonds is 7. The lowest BCUT2D eigenvalue weighted by Gasteiger charge is -2.27. The molecule has 0 spiro atoms. The van der Waals surface area contributed by atoms with E-state index in [0.29, 0.717) is 37.4 Å². The van der Waals surface area contributed by atoms with E-state index in [1.807, 2.05) is 48.7 Å². The van der Waals surface area contributed by atoms with Gasteiger partial charge in [-0.15, -0.1) is 0 Å². The van der Waals surface area contributed by atoms with E-state index in [9.17, 15) is 14.4 Å². The molecule has 2 atom stereocenters. The number of fused-ring (bicyclic) bond motifs is 1. The lowest BCUT2D eigenvalue weighted by atomic mass is 10.1. The van der Waals surface area contributed by atoms with Gasteiger partial charge in [-0.25, -0.2) is 4.79 Å². The van der Waals surface area contributed by atoms with Crippen LogP contribution < -0.4 is 9.47 Å². The summed E-state index contributed by atoms with van der Waals surface area (Å²) in [6, 6.07) is 8.82. The number of hydrogen-bond acceptors (Lipinski definition) is 6. The number of aryl methyl sites for hydroxylation is 1. The number of likely N-dealkylation sites (tertiary alicyclic amines) is 1. The Kier molecular flexibility index (Phi) is 6.06. The Labute approximate surface area is 198 Å². The summed E-state index contributed by atoms with van der Waals surface area (Å²) in [4.78, 5) is 39.6. The summed E-state index contributed by atoms with van der Waals surface area (Å²) in [5.74, 6) is 0.817. The van der Waals surface area contributed by atoms with Crippen molar-refractivity contribution in [1.29, 1.82) is 0 Å². The summed E-state index contributed by atoms with van der Waals surface area (Å²) in [6.07, 6.45) is 2.99. The van der Waals surface area contributed by atoms with Crippen molar-refractivity contribution in [2.45, 2.75) is 58.2 Å². The van der Waals surface area contributed by atoms with Crippen molar-refractivity contribution in [1.82, 2.24) is 9.47 Å². The number of carbonyl (C=O) groups is 3. The number of para-hydroxylation sites is 2. The minimum absolute atomic E-state index is 0.0471. The summed E-state index contributed by atoms with van der Waals surface area (Å²) in [5, 5.41) is 0. The highest BCUT2D eigenvalue weighted by Gasteiger charge is 2.41. The van der Waals surface area contributed by atoms with E-state index in [2.05, 4.69) is 0 Å². The van der Waals surface area contributed by atoms with E-state index < -0.39 is 12.0 Å². The molecule has 8 nitrogen and oxygen atoms in total. The van der Waals surface area contributed by atoms with Gasteiger partial charge in [-0.1, -0.05) is 12.1 Å². The van der Waals surface area contributed by atoms with Gasteiger partial charge in [0.15, 0.2) is 24.2 Å². The predicted molar refractivity (Wildman–Crippen MR) is 123 cm³/mol. The summed E-state index contributed by atoms with van der Waals surface area (Å²) in [7, 11) is 0. The monoisotopic (exact) mass is 466 g/mol. The number of ketones is 1. The molecule has 2 aliphatic heterocycles. The number of nitrogens with zero attached hydrogens (tertiary/aromatic N) is 2. The van der Waals surface area contributed by atoms with Crippen molar-refractivity contribution < 1.29 is 28.6 Å². The predicted octanol–water partition coefficient (Wildman–Crippen LogP) is 3.07. The van der Waals surface area contributed by atoms with Gasteiger partial charge >= 0.3 is 5.97 Å². The number of carbonyl (C=O) groups excluding carboxylic acids is 3. The Balaban J connectivity index is 1.20. The molecule has 8 heteroatoms. The molecular formula is C26H30N2O6. The van der Waals surface area contributed by atoms with Crippen molar-refractivity contribution in [3.05, 3.63) is 47.3 Å². The molecule has 1 amide bonds. The molecule has 2 aromatic rings. The lowest BCUT2D eigenvalue weighted by molar-refractivity contribution is -0.152. The topological polar surface area (TPSA) is 87.1 Å². The van der Waals surface area contributed by atoms with E-state index in [0.717, 1.165) is 36.4 Å². The highest BCUT2D eigenvalue weighted by atomic mass is 16.6. The van der Waals surface area contributed by atoms with Crippen LogP contribution in [0.3, 0.4) is 0 Å². The summed E-state index contributed by atoms with van der Waals surface area (Å²) in [5.41, 5.74) is 2.25. The van der Waals surface area contributed by atoms with Crippen molar-refractivity contribution in [2.75, 3.05) is 19.8 Å². The molecule has 0 N–H and O–H groups in total. The lowest BCUT2D eigenvalue weighted by Crippen LogP contribution is -2.42. The molecule has 0 bridgehead atoms. The van der Waals surface area contributed by atoms with E-state index >= 15 is 0 Å². The fourth-order valence-electron chi connectivity index (χ4n) is 4.87. The number of Topliss-reactive ketones (excluding diaryl/α,β-unsaturated/α-hetero) is 1. The van der Waals surface area contributed by atoms with Gasteiger partial charge < -0.3 is 23.7 Å². The van der Waals surface area contributed by atoms with Gasteiger partial charge in [-0.3, -0.25) is 9.59 Å². The molecular weight excluding hydrogens is 436 g/mol. The molecule has 1 unspecified atom stereocenters. The third kappa shape index (κ3) is 4.41. The van der Waals surface area contributed by atoms with Crippen molar-refractivity contribution >= 4 is 17.7 Å². The van der Waals surface area contributed by atoms with Crippen molar-refractivity contribution in [2.24, 2.45) is 5.92 Å². The van der Waals surface area contributed by atoms with Crippen LogP contribution in [0.1, 0.15) is 47.4 Å². The second-order valence-corrected chi connectivity index (χ2v) is 9.39. The van der Waals surface area contributed by atoms with Crippen LogP contribution in [0.25, 0.3) is 0 Å². The zero-order chi connectivity index (χ0) is 23.8. The van der Waals surface area contributed by atoms with Gasteiger partial charge in [0, 0.05) is 29.4 Å². The third-order valence-corrected chi connectivity index (χ3v) is 6.91. The smallest absolute Gasteiger partial charge is 0.329 e. The molecule has 2 fully saturated rings.